The zero-order valence-corrected chi connectivity index (χ0v) is 20.8. The smallest absolute Gasteiger partial charge is 0.227 e. The van der Waals surface area contributed by atoms with E-state index in [0.29, 0.717) is 56.3 Å². The maximum Gasteiger partial charge on any atom is 0.227 e. The molecule has 0 aliphatic carbocycles. The predicted molar refractivity (Wildman–Crippen MR) is 147 cm³/mol. The van der Waals surface area contributed by atoms with Gasteiger partial charge in [0.05, 0.1) is 0 Å². The van der Waals surface area contributed by atoms with Crippen molar-refractivity contribution in [1.29, 1.82) is 0 Å². The standard InChI is InChI=1S/C28H18O4S3/c29-25(33)21-13-5-1-9-17(21)19-11-3-7-15-23(19)27(31)35-28(32)24-16-8-4-12-20(24)18-10-2-6-14-22(18)26(30)34/h1-16H,(H,29,33)(H,30,34). The zero-order valence-electron chi connectivity index (χ0n) is 18.2. The van der Waals surface area contributed by atoms with Crippen LogP contribution in [0.15, 0.2) is 97.1 Å². The minimum atomic E-state index is -0.458. The van der Waals surface area contributed by atoms with Gasteiger partial charge in [-0.2, -0.15) is 0 Å². The SMILES string of the molecule is O=C(S)c1ccccc1-c1ccccc1C(=O)SC(=O)c1ccccc1-c1ccccc1C(=O)S. The quantitative estimate of drug-likeness (QED) is 0.275. The lowest BCUT2D eigenvalue weighted by atomic mass is 9.96. The molecule has 0 aliphatic heterocycles. The summed E-state index contributed by atoms with van der Waals surface area (Å²) >= 11 is 8.47. The molecule has 0 radical (unpaired) electrons. The molecule has 0 saturated heterocycles. The Kier molecular flexibility index (Phi) is 7.70. The lowest BCUT2D eigenvalue weighted by Gasteiger charge is -2.13. The number of rotatable bonds is 6. The van der Waals surface area contributed by atoms with Gasteiger partial charge in [-0.15, -0.1) is 25.3 Å². The van der Waals surface area contributed by atoms with Gasteiger partial charge in [-0.05, 0) is 58.3 Å². The molecular formula is C28H18O4S3. The molecule has 0 N–H and O–H groups in total. The van der Waals surface area contributed by atoms with Crippen molar-refractivity contribution in [2.75, 3.05) is 0 Å². The van der Waals surface area contributed by atoms with Crippen LogP contribution in [0.1, 0.15) is 41.4 Å². The number of benzene rings is 4. The van der Waals surface area contributed by atoms with Crippen LogP contribution in [-0.4, -0.2) is 20.5 Å². The van der Waals surface area contributed by atoms with Crippen molar-refractivity contribution in [3.63, 3.8) is 0 Å². The van der Waals surface area contributed by atoms with E-state index in [-0.39, 0.29) is 0 Å². The maximum atomic E-state index is 13.3. The van der Waals surface area contributed by atoms with E-state index in [1.54, 1.807) is 97.1 Å². The Morgan fingerprint density at radius 2 is 0.686 bits per heavy atom. The van der Waals surface area contributed by atoms with Crippen LogP contribution in [0.4, 0.5) is 0 Å². The van der Waals surface area contributed by atoms with E-state index in [2.05, 4.69) is 25.3 Å². The maximum absolute atomic E-state index is 13.3. The lowest BCUT2D eigenvalue weighted by Crippen LogP contribution is -2.06. The molecule has 0 bridgehead atoms. The molecule has 0 unspecified atom stereocenters. The number of carbonyl (C=O) groups is 4. The fourth-order valence-electron chi connectivity index (χ4n) is 3.80. The average Bonchev–Trinajstić information content (AvgIpc) is 2.88. The summed E-state index contributed by atoms with van der Waals surface area (Å²) < 4.78 is 0. The third-order valence-electron chi connectivity index (χ3n) is 5.37. The molecule has 4 aromatic carbocycles. The molecule has 172 valence electrons. The summed E-state index contributed by atoms with van der Waals surface area (Å²) in [5, 5.41) is -1.75. The van der Waals surface area contributed by atoms with Crippen molar-refractivity contribution in [2.24, 2.45) is 0 Å². The van der Waals surface area contributed by atoms with Crippen LogP contribution in [0.25, 0.3) is 22.3 Å². The first-order valence-corrected chi connectivity index (χ1v) is 12.2. The topological polar surface area (TPSA) is 68.3 Å². The first kappa shape index (κ1) is 24.7. The van der Waals surface area contributed by atoms with Crippen LogP contribution in [0.5, 0.6) is 0 Å². The highest BCUT2D eigenvalue weighted by atomic mass is 32.2. The molecule has 7 heteroatoms. The molecule has 35 heavy (non-hydrogen) atoms. The minimum absolute atomic E-state index is 0.302. The van der Waals surface area contributed by atoms with E-state index >= 15 is 0 Å². The minimum Gasteiger partial charge on any atom is -0.282 e. The van der Waals surface area contributed by atoms with Crippen molar-refractivity contribution < 1.29 is 19.2 Å². The van der Waals surface area contributed by atoms with Gasteiger partial charge in [0.2, 0.25) is 20.5 Å². The fraction of sp³-hybridized carbons (Fsp3) is 0. The van der Waals surface area contributed by atoms with Gasteiger partial charge in [0.15, 0.2) is 0 Å². The van der Waals surface area contributed by atoms with Crippen molar-refractivity contribution in [3.05, 3.63) is 119 Å². The molecule has 0 saturated carbocycles. The summed E-state index contributed by atoms with van der Waals surface area (Å²) in [7, 11) is 0. The van der Waals surface area contributed by atoms with Crippen molar-refractivity contribution in [1.82, 2.24) is 0 Å². The Morgan fingerprint density at radius 1 is 0.429 bits per heavy atom. The molecule has 0 spiro atoms. The summed E-state index contributed by atoms with van der Waals surface area (Å²) in [6.07, 6.45) is 0. The Morgan fingerprint density at radius 3 is 1.00 bits per heavy atom. The largest absolute Gasteiger partial charge is 0.282 e. The number of thioether (sulfide) groups is 1. The summed E-state index contributed by atoms with van der Waals surface area (Å²) in [5.74, 6) is 0. The number of hydrogen-bond acceptors (Lipinski definition) is 5. The van der Waals surface area contributed by atoms with Crippen LogP contribution in [-0.2, 0) is 0 Å². The third-order valence-corrected chi connectivity index (χ3v) is 6.67. The molecule has 0 atom stereocenters. The van der Waals surface area contributed by atoms with Gasteiger partial charge in [0, 0.05) is 22.3 Å². The second-order valence-corrected chi connectivity index (χ2v) is 9.23. The van der Waals surface area contributed by atoms with Gasteiger partial charge >= 0.3 is 0 Å². The van der Waals surface area contributed by atoms with E-state index in [9.17, 15) is 19.2 Å². The lowest BCUT2D eigenvalue weighted by molar-refractivity contribution is 0.105. The highest BCUT2D eigenvalue weighted by Gasteiger charge is 2.23. The Labute approximate surface area is 217 Å². The summed E-state index contributed by atoms with van der Waals surface area (Å²) in [6, 6.07) is 27.4. The van der Waals surface area contributed by atoms with Crippen molar-refractivity contribution in [2.45, 2.75) is 0 Å². The highest BCUT2D eigenvalue weighted by Crippen LogP contribution is 2.34. The highest BCUT2D eigenvalue weighted by molar-refractivity contribution is 8.27. The van der Waals surface area contributed by atoms with Gasteiger partial charge < -0.3 is 0 Å². The molecule has 4 aromatic rings. The second kappa shape index (κ2) is 10.9. The van der Waals surface area contributed by atoms with Crippen molar-refractivity contribution >= 4 is 57.5 Å². The van der Waals surface area contributed by atoms with E-state index in [1.807, 2.05) is 0 Å². The van der Waals surface area contributed by atoms with Gasteiger partial charge in [0.25, 0.3) is 0 Å². The van der Waals surface area contributed by atoms with E-state index in [1.165, 1.54) is 0 Å². The molecule has 0 aliphatic rings. The van der Waals surface area contributed by atoms with Gasteiger partial charge in [-0.1, -0.05) is 72.8 Å². The molecule has 0 amide bonds. The van der Waals surface area contributed by atoms with Gasteiger partial charge in [0.1, 0.15) is 0 Å². The number of hydrogen-bond donors (Lipinski definition) is 2. The molecule has 0 aromatic heterocycles. The van der Waals surface area contributed by atoms with Crippen LogP contribution < -0.4 is 0 Å². The van der Waals surface area contributed by atoms with Crippen molar-refractivity contribution in [3.8, 4) is 22.3 Å². The summed E-state index contributed by atoms with van der Waals surface area (Å²) in [6.45, 7) is 0. The van der Waals surface area contributed by atoms with E-state index in [4.69, 9.17) is 0 Å². The Bertz CT molecular complexity index is 1370. The zero-order chi connectivity index (χ0) is 24.9. The summed E-state index contributed by atoms with van der Waals surface area (Å²) in [5.41, 5.74) is 3.53. The predicted octanol–water partition coefficient (Wildman–Crippen LogP) is 6.87. The monoisotopic (exact) mass is 514 g/mol. The normalized spacial score (nSPS) is 10.6. The van der Waals surface area contributed by atoms with Crippen LogP contribution >= 0.6 is 37.0 Å². The fourth-order valence-corrected chi connectivity index (χ4v) is 4.93. The molecular weight excluding hydrogens is 497 g/mol. The van der Waals surface area contributed by atoms with E-state index < -0.39 is 20.5 Å². The molecule has 4 nitrogen and oxygen atoms in total. The third kappa shape index (κ3) is 5.32. The second-order valence-electron chi connectivity index (χ2n) is 7.47. The first-order valence-electron chi connectivity index (χ1n) is 10.5. The van der Waals surface area contributed by atoms with Crippen LogP contribution in [0.3, 0.4) is 0 Å². The van der Waals surface area contributed by atoms with Crippen LogP contribution in [0.2, 0.25) is 0 Å². The molecule has 0 fully saturated rings. The van der Waals surface area contributed by atoms with Gasteiger partial charge in [-0.3, -0.25) is 19.2 Å². The number of carbonyl (C=O) groups excluding carboxylic acids is 4. The Hall–Kier alpha value is -3.39. The number of thiol groups is 2. The molecule has 0 heterocycles. The van der Waals surface area contributed by atoms with Crippen LogP contribution in [0, 0.1) is 0 Å². The Balaban J connectivity index is 1.71. The average molecular weight is 515 g/mol. The van der Waals surface area contributed by atoms with Gasteiger partial charge in [-0.25, -0.2) is 0 Å². The molecule has 4 rings (SSSR count). The summed E-state index contributed by atoms with van der Waals surface area (Å²) in [4.78, 5) is 50.6. The van der Waals surface area contributed by atoms with E-state index in [0.717, 1.165) is 0 Å². The first-order chi connectivity index (χ1) is 16.9.